The Morgan fingerprint density at radius 1 is 1.04 bits per heavy atom. The lowest BCUT2D eigenvalue weighted by molar-refractivity contribution is -0.121. The van der Waals surface area contributed by atoms with Gasteiger partial charge in [0, 0.05) is 13.1 Å². The van der Waals surface area contributed by atoms with E-state index in [0.717, 1.165) is 16.7 Å². The molecule has 1 unspecified atom stereocenters. The molecule has 0 heterocycles. The van der Waals surface area contributed by atoms with Gasteiger partial charge in [-0.15, -0.1) is 0 Å². The minimum atomic E-state index is -3.47. The Kier molecular flexibility index (Phi) is 7.16. The van der Waals surface area contributed by atoms with E-state index in [1.54, 1.807) is 24.3 Å². The van der Waals surface area contributed by atoms with Gasteiger partial charge in [0.25, 0.3) is 0 Å². The fourth-order valence-corrected chi connectivity index (χ4v) is 4.46. The van der Waals surface area contributed by atoms with Crippen LogP contribution in [0.2, 0.25) is 0 Å². The van der Waals surface area contributed by atoms with E-state index in [9.17, 15) is 13.2 Å². The molecule has 2 rings (SSSR count). The lowest BCUT2D eigenvalue weighted by Gasteiger charge is -2.19. The first-order chi connectivity index (χ1) is 12.8. The number of sulfonamides is 1. The highest BCUT2D eigenvalue weighted by atomic mass is 32.2. The molecule has 0 saturated carbocycles. The molecule has 0 aromatic heterocycles. The summed E-state index contributed by atoms with van der Waals surface area (Å²) in [5, 5.41) is 2.98. The van der Waals surface area contributed by atoms with Crippen molar-refractivity contribution < 1.29 is 13.2 Å². The van der Waals surface area contributed by atoms with Crippen LogP contribution >= 0.6 is 0 Å². The molecule has 0 saturated heterocycles. The van der Waals surface area contributed by atoms with Crippen molar-refractivity contribution in [2.24, 2.45) is 0 Å². The van der Waals surface area contributed by atoms with Crippen LogP contribution in [0.4, 0.5) is 0 Å². The van der Waals surface area contributed by atoms with Gasteiger partial charge in [-0.05, 0) is 42.7 Å². The summed E-state index contributed by atoms with van der Waals surface area (Å²) in [6, 6.07) is 14.3. The number of nitrogens with zero attached hydrogens (tertiary/aromatic N) is 1. The van der Waals surface area contributed by atoms with Crippen LogP contribution in [0.1, 0.15) is 43.5 Å². The van der Waals surface area contributed by atoms with Gasteiger partial charge in [-0.2, -0.15) is 4.31 Å². The molecule has 0 bridgehead atoms. The number of amides is 1. The van der Waals surface area contributed by atoms with Crippen LogP contribution in [0.15, 0.2) is 53.4 Å². The second-order valence-corrected chi connectivity index (χ2v) is 8.49. The summed E-state index contributed by atoms with van der Waals surface area (Å²) in [6.07, 6.45) is 0.325. The van der Waals surface area contributed by atoms with Crippen molar-refractivity contribution in [3.63, 3.8) is 0 Å². The zero-order valence-electron chi connectivity index (χ0n) is 16.4. The van der Waals surface area contributed by atoms with Gasteiger partial charge in [-0.25, -0.2) is 8.42 Å². The molecular weight excluding hydrogens is 360 g/mol. The van der Waals surface area contributed by atoms with Crippen LogP contribution < -0.4 is 5.32 Å². The Morgan fingerprint density at radius 2 is 1.63 bits per heavy atom. The highest BCUT2D eigenvalue weighted by molar-refractivity contribution is 7.89. The molecule has 2 aromatic carbocycles. The van der Waals surface area contributed by atoms with Gasteiger partial charge in [0.15, 0.2) is 0 Å². The lowest BCUT2D eigenvalue weighted by Crippen LogP contribution is -2.31. The summed E-state index contributed by atoms with van der Waals surface area (Å²) in [4.78, 5) is 12.6. The van der Waals surface area contributed by atoms with Gasteiger partial charge in [0.2, 0.25) is 15.9 Å². The maximum atomic E-state index is 12.5. The third kappa shape index (κ3) is 5.17. The summed E-state index contributed by atoms with van der Waals surface area (Å²) in [5.74, 6) is -0.0587. The first kappa shape index (κ1) is 21.1. The molecule has 0 aliphatic carbocycles. The Balaban J connectivity index is 2.06. The van der Waals surface area contributed by atoms with Crippen molar-refractivity contribution in [3.8, 4) is 0 Å². The molecule has 0 spiro atoms. The number of carbonyl (C=O) groups is 1. The second kappa shape index (κ2) is 9.15. The van der Waals surface area contributed by atoms with E-state index in [2.05, 4.69) is 5.32 Å². The molecule has 1 atom stereocenters. The molecule has 1 N–H and O–H groups in total. The maximum absolute atomic E-state index is 12.5. The Labute approximate surface area is 162 Å². The number of benzene rings is 2. The molecule has 1 amide bonds. The van der Waals surface area contributed by atoms with Crippen LogP contribution in [-0.2, 0) is 21.2 Å². The van der Waals surface area contributed by atoms with Gasteiger partial charge in [0.1, 0.15) is 0 Å². The normalized spacial score (nSPS) is 12.8. The average molecular weight is 389 g/mol. The van der Waals surface area contributed by atoms with Crippen molar-refractivity contribution in [3.05, 3.63) is 65.2 Å². The van der Waals surface area contributed by atoms with Crippen LogP contribution in [0.5, 0.6) is 0 Å². The average Bonchev–Trinajstić information content (AvgIpc) is 2.64. The van der Waals surface area contributed by atoms with E-state index < -0.39 is 10.0 Å². The van der Waals surface area contributed by atoms with Crippen molar-refractivity contribution in [1.82, 2.24) is 9.62 Å². The number of carbonyl (C=O) groups excluding carboxylic acids is 1. The summed E-state index contributed by atoms with van der Waals surface area (Å²) in [7, 11) is -3.47. The van der Waals surface area contributed by atoms with Gasteiger partial charge in [-0.3, -0.25) is 4.79 Å². The molecule has 146 valence electrons. The highest BCUT2D eigenvalue weighted by Crippen LogP contribution is 2.19. The van der Waals surface area contributed by atoms with Crippen molar-refractivity contribution in [2.75, 3.05) is 13.1 Å². The zero-order valence-corrected chi connectivity index (χ0v) is 17.2. The SMILES string of the molecule is CCN(CC)S(=O)(=O)c1ccc(C(C)NC(=O)Cc2ccccc2C)cc1. The molecule has 2 aromatic rings. The minimum absolute atomic E-state index is 0.0587. The lowest BCUT2D eigenvalue weighted by atomic mass is 10.0. The van der Waals surface area contributed by atoms with Crippen molar-refractivity contribution >= 4 is 15.9 Å². The van der Waals surface area contributed by atoms with Crippen LogP contribution in [0.3, 0.4) is 0 Å². The third-order valence-corrected chi connectivity index (χ3v) is 6.78. The number of hydrogen-bond acceptors (Lipinski definition) is 3. The maximum Gasteiger partial charge on any atom is 0.243 e. The van der Waals surface area contributed by atoms with Crippen molar-refractivity contribution in [2.45, 2.75) is 45.1 Å². The summed E-state index contributed by atoms with van der Waals surface area (Å²) < 4.78 is 26.5. The smallest absolute Gasteiger partial charge is 0.243 e. The van der Waals surface area contributed by atoms with Crippen LogP contribution in [0, 0.1) is 6.92 Å². The number of aryl methyl sites for hydroxylation is 1. The molecule has 6 heteroatoms. The Morgan fingerprint density at radius 3 is 2.19 bits per heavy atom. The molecule has 0 aliphatic rings. The molecular formula is C21H28N2O3S. The van der Waals surface area contributed by atoms with Gasteiger partial charge in [0.05, 0.1) is 17.4 Å². The van der Waals surface area contributed by atoms with Gasteiger partial charge >= 0.3 is 0 Å². The fourth-order valence-electron chi connectivity index (χ4n) is 3.00. The predicted octanol–water partition coefficient (Wildman–Crippen LogP) is 3.45. The van der Waals surface area contributed by atoms with Gasteiger partial charge < -0.3 is 5.32 Å². The third-order valence-electron chi connectivity index (χ3n) is 4.71. The fraction of sp³-hybridized carbons (Fsp3) is 0.381. The number of nitrogens with one attached hydrogen (secondary N) is 1. The first-order valence-corrected chi connectivity index (χ1v) is 10.7. The van der Waals surface area contributed by atoms with E-state index in [4.69, 9.17) is 0 Å². The first-order valence-electron chi connectivity index (χ1n) is 9.23. The van der Waals surface area contributed by atoms with E-state index >= 15 is 0 Å². The molecule has 5 nitrogen and oxygen atoms in total. The number of hydrogen-bond donors (Lipinski definition) is 1. The molecule has 0 fully saturated rings. The van der Waals surface area contributed by atoms with Gasteiger partial charge in [-0.1, -0.05) is 50.2 Å². The van der Waals surface area contributed by atoms with Crippen LogP contribution in [0.25, 0.3) is 0 Å². The predicted molar refractivity (Wildman–Crippen MR) is 108 cm³/mol. The summed E-state index contributed by atoms with van der Waals surface area (Å²) in [5.41, 5.74) is 2.96. The molecule has 0 aliphatic heterocycles. The van der Waals surface area contributed by atoms with E-state index in [0.29, 0.717) is 19.5 Å². The summed E-state index contributed by atoms with van der Waals surface area (Å²) in [6.45, 7) is 8.39. The largest absolute Gasteiger partial charge is 0.349 e. The second-order valence-electron chi connectivity index (χ2n) is 6.55. The Hall–Kier alpha value is -2.18. The standard InChI is InChI=1S/C21H28N2O3S/c1-5-23(6-2)27(25,26)20-13-11-18(12-14-20)17(4)22-21(24)15-19-10-8-7-9-16(19)3/h7-14,17H,5-6,15H2,1-4H3,(H,22,24). The van der Waals surface area contributed by atoms with E-state index in [1.165, 1.54) is 4.31 Å². The summed E-state index contributed by atoms with van der Waals surface area (Å²) >= 11 is 0. The zero-order chi connectivity index (χ0) is 20.0. The Bertz CT molecular complexity index is 873. The monoisotopic (exact) mass is 388 g/mol. The van der Waals surface area contributed by atoms with E-state index in [-0.39, 0.29) is 16.8 Å². The highest BCUT2D eigenvalue weighted by Gasteiger charge is 2.21. The van der Waals surface area contributed by atoms with Crippen LogP contribution in [-0.4, -0.2) is 31.7 Å². The van der Waals surface area contributed by atoms with E-state index in [1.807, 2.05) is 52.0 Å². The quantitative estimate of drug-likeness (QED) is 0.753. The van der Waals surface area contributed by atoms with Crippen molar-refractivity contribution in [1.29, 1.82) is 0 Å². The minimum Gasteiger partial charge on any atom is -0.349 e. The number of rotatable bonds is 8. The topological polar surface area (TPSA) is 66.5 Å². The molecule has 0 radical (unpaired) electrons. The molecule has 27 heavy (non-hydrogen) atoms.